The zero-order valence-electron chi connectivity index (χ0n) is 16.0. The quantitative estimate of drug-likeness (QED) is 0.632. The van der Waals surface area contributed by atoms with Crippen molar-refractivity contribution in [3.63, 3.8) is 0 Å². The summed E-state index contributed by atoms with van der Waals surface area (Å²) in [6.07, 6.45) is 1.02. The van der Waals surface area contributed by atoms with Gasteiger partial charge >= 0.3 is 0 Å². The highest BCUT2D eigenvalue weighted by Crippen LogP contribution is 2.16. The summed E-state index contributed by atoms with van der Waals surface area (Å²) < 4.78 is 5.68. The molecule has 0 aliphatic carbocycles. The van der Waals surface area contributed by atoms with Gasteiger partial charge in [-0.25, -0.2) is 0 Å². The first kappa shape index (κ1) is 20.3. The molecular formula is C21H27N3O3. The van der Waals surface area contributed by atoms with E-state index in [4.69, 9.17) is 4.74 Å². The third-order valence-electron chi connectivity index (χ3n) is 3.91. The molecule has 0 aromatic heterocycles. The standard InChI is InChI=1S/C21H27N3O3/c1-15(2)11-12-27-19-9-7-17(8-10-19)23-14-20(25)24-18-6-4-5-16(13-18)21(26)22-3/h4-10,13,15,23H,11-12,14H2,1-3H3,(H,22,26)(H,24,25). The Bertz CT molecular complexity index is 758. The van der Waals surface area contributed by atoms with E-state index in [2.05, 4.69) is 29.8 Å². The van der Waals surface area contributed by atoms with E-state index in [9.17, 15) is 9.59 Å². The van der Waals surface area contributed by atoms with Crippen LogP contribution in [-0.2, 0) is 4.79 Å². The maximum Gasteiger partial charge on any atom is 0.251 e. The third kappa shape index (κ3) is 7.01. The maximum absolute atomic E-state index is 12.1. The lowest BCUT2D eigenvalue weighted by atomic mass is 10.1. The fraction of sp³-hybridized carbons (Fsp3) is 0.333. The molecule has 0 aliphatic heterocycles. The summed E-state index contributed by atoms with van der Waals surface area (Å²) in [5, 5.41) is 8.40. The average Bonchev–Trinajstić information content (AvgIpc) is 2.66. The van der Waals surface area contributed by atoms with Crippen LogP contribution in [-0.4, -0.2) is 32.0 Å². The van der Waals surface area contributed by atoms with Gasteiger partial charge in [0.05, 0.1) is 13.2 Å². The molecule has 0 atom stereocenters. The highest BCUT2D eigenvalue weighted by molar-refractivity contribution is 5.98. The van der Waals surface area contributed by atoms with Crippen molar-refractivity contribution in [3.05, 3.63) is 54.1 Å². The number of ether oxygens (including phenoxy) is 1. The number of nitrogens with one attached hydrogen (secondary N) is 3. The Morgan fingerprint density at radius 3 is 2.44 bits per heavy atom. The van der Waals surface area contributed by atoms with Crippen molar-refractivity contribution >= 4 is 23.2 Å². The first-order valence-corrected chi connectivity index (χ1v) is 9.06. The summed E-state index contributed by atoms with van der Waals surface area (Å²) in [5.74, 6) is 1.04. The molecule has 0 saturated carbocycles. The van der Waals surface area contributed by atoms with E-state index in [0.717, 1.165) is 17.9 Å². The number of anilines is 2. The molecule has 0 aliphatic rings. The molecule has 0 unspecified atom stereocenters. The van der Waals surface area contributed by atoms with Crippen LogP contribution in [0.15, 0.2) is 48.5 Å². The van der Waals surface area contributed by atoms with Crippen LogP contribution in [0.4, 0.5) is 11.4 Å². The second-order valence-electron chi connectivity index (χ2n) is 6.62. The molecule has 6 heteroatoms. The van der Waals surface area contributed by atoms with Crippen LogP contribution in [0.2, 0.25) is 0 Å². The van der Waals surface area contributed by atoms with Gasteiger partial charge in [0.25, 0.3) is 5.91 Å². The van der Waals surface area contributed by atoms with Gasteiger partial charge < -0.3 is 20.7 Å². The summed E-state index contributed by atoms with van der Waals surface area (Å²) in [4.78, 5) is 23.8. The van der Waals surface area contributed by atoms with E-state index in [1.54, 1.807) is 31.3 Å². The third-order valence-corrected chi connectivity index (χ3v) is 3.91. The fourth-order valence-corrected chi connectivity index (χ4v) is 2.35. The largest absolute Gasteiger partial charge is 0.494 e. The monoisotopic (exact) mass is 369 g/mol. The predicted octanol–water partition coefficient (Wildman–Crippen LogP) is 3.52. The maximum atomic E-state index is 12.1. The lowest BCUT2D eigenvalue weighted by Crippen LogP contribution is -2.22. The fourth-order valence-electron chi connectivity index (χ4n) is 2.35. The summed E-state index contributed by atoms with van der Waals surface area (Å²) in [7, 11) is 1.57. The van der Waals surface area contributed by atoms with Crippen LogP contribution in [0.25, 0.3) is 0 Å². The van der Waals surface area contributed by atoms with Crippen molar-refractivity contribution in [2.24, 2.45) is 5.92 Å². The smallest absolute Gasteiger partial charge is 0.251 e. The Morgan fingerprint density at radius 1 is 1.04 bits per heavy atom. The van der Waals surface area contributed by atoms with Crippen LogP contribution in [0.5, 0.6) is 5.75 Å². The van der Waals surface area contributed by atoms with E-state index in [0.29, 0.717) is 23.8 Å². The van der Waals surface area contributed by atoms with Gasteiger partial charge in [0, 0.05) is 24.0 Å². The number of hydrogen-bond acceptors (Lipinski definition) is 4. The molecule has 2 amide bonds. The summed E-state index contributed by atoms with van der Waals surface area (Å²) >= 11 is 0. The number of carbonyl (C=O) groups excluding carboxylic acids is 2. The Kier molecular flexibility index (Phi) is 7.67. The van der Waals surface area contributed by atoms with Gasteiger partial charge in [0.15, 0.2) is 0 Å². The molecule has 0 bridgehead atoms. The van der Waals surface area contributed by atoms with E-state index in [-0.39, 0.29) is 18.4 Å². The number of carbonyl (C=O) groups is 2. The first-order chi connectivity index (χ1) is 13.0. The van der Waals surface area contributed by atoms with Gasteiger partial charge in [-0.3, -0.25) is 9.59 Å². The molecule has 2 rings (SSSR count). The van der Waals surface area contributed by atoms with Crippen LogP contribution >= 0.6 is 0 Å². The van der Waals surface area contributed by atoms with Crippen molar-refractivity contribution in [1.29, 1.82) is 0 Å². The minimum Gasteiger partial charge on any atom is -0.494 e. The van der Waals surface area contributed by atoms with Gasteiger partial charge in [-0.05, 0) is 54.8 Å². The van der Waals surface area contributed by atoms with Crippen molar-refractivity contribution in [2.75, 3.05) is 30.8 Å². The SMILES string of the molecule is CNC(=O)c1cccc(NC(=O)CNc2ccc(OCCC(C)C)cc2)c1. The lowest BCUT2D eigenvalue weighted by molar-refractivity contribution is -0.114. The molecule has 2 aromatic rings. The number of amides is 2. The minimum atomic E-state index is -0.195. The Balaban J connectivity index is 1.81. The highest BCUT2D eigenvalue weighted by Gasteiger charge is 2.06. The van der Waals surface area contributed by atoms with E-state index in [1.165, 1.54) is 0 Å². The average molecular weight is 369 g/mol. The zero-order valence-corrected chi connectivity index (χ0v) is 16.0. The van der Waals surface area contributed by atoms with Gasteiger partial charge in [-0.15, -0.1) is 0 Å². The van der Waals surface area contributed by atoms with E-state index < -0.39 is 0 Å². The number of benzene rings is 2. The first-order valence-electron chi connectivity index (χ1n) is 9.06. The molecule has 0 fully saturated rings. The number of hydrogen-bond donors (Lipinski definition) is 3. The summed E-state index contributed by atoms with van der Waals surface area (Å²) in [6, 6.07) is 14.3. The molecule has 0 heterocycles. The van der Waals surface area contributed by atoms with Crippen molar-refractivity contribution in [2.45, 2.75) is 20.3 Å². The minimum absolute atomic E-state index is 0.123. The second-order valence-corrected chi connectivity index (χ2v) is 6.62. The van der Waals surface area contributed by atoms with Crippen molar-refractivity contribution < 1.29 is 14.3 Å². The molecule has 2 aromatic carbocycles. The van der Waals surface area contributed by atoms with E-state index >= 15 is 0 Å². The van der Waals surface area contributed by atoms with Crippen LogP contribution in [0.1, 0.15) is 30.6 Å². The molecule has 0 saturated heterocycles. The molecule has 3 N–H and O–H groups in total. The van der Waals surface area contributed by atoms with Gasteiger partial charge in [-0.2, -0.15) is 0 Å². The van der Waals surface area contributed by atoms with Crippen molar-refractivity contribution in [3.8, 4) is 5.75 Å². The van der Waals surface area contributed by atoms with E-state index in [1.807, 2.05) is 24.3 Å². The van der Waals surface area contributed by atoms with Crippen LogP contribution in [0.3, 0.4) is 0 Å². The summed E-state index contributed by atoms with van der Waals surface area (Å²) in [5.41, 5.74) is 1.91. The molecule has 0 spiro atoms. The second kappa shape index (κ2) is 10.2. The van der Waals surface area contributed by atoms with Gasteiger partial charge in [-0.1, -0.05) is 19.9 Å². The normalized spacial score (nSPS) is 10.4. The number of rotatable bonds is 9. The van der Waals surface area contributed by atoms with Crippen LogP contribution in [0, 0.1) is 5.92 Å². The Labute approximate surface area is 160 Å². The zero-order chi connectivity index (χ0) is 19.6. The topological polar surface area (TPSA) is 79.5 Å². The molecule has 27 heavy (non-hydrogen) atoms. The molecular weight excluding hydrogens is 342 g/mol. The molecule has 0 radical (unpaired) electrons. The Hall–Kier alpha value is -3.02. The molecule has 6 nitrogen and oxygen atoms in total. The Morgan fingerprint density at radius 2 is 1.78 bits per heavy atom. The van der Waals surface area contributed by atoms with Crippen LogP contribution < -0.4 is 20.7 Å². The lowest BCUT2D eigenvalue weighted by Gasteiger charge is -2.11. The van der Waals surface area contributed by atoms with Crippen molar-refractivity contribution in [1.82, 2.24) is 5.32 Å². The molecule has 144 valence electrons. The highest BCUT2D eigenvalue weighted by atomic mass is 16.5. The van der Waals surface area contributed by atoms with Gasteiger partial charge in [0.2, 0.25) is 5.91 Å². The van der Waals surface area contributed by atoms with Gasteiger partial charge in [0.1, 0.15) is 5.75 Å². The summed E-state index contributed by atoms with van der Waals surface area (Å²) in [6.45, 7) is 5.15. The predicted molar refractivity (Wildman–Crippen MR) is 108 cm³/mol.